The Morgan fingerprint density at radius 3 is 2.36 bits per heavy atom. The molecule has 0 saturated carbocycles. The summed E-state index contributed by atoms with van der Waals surface area (Å²) in [5.41, 5.74) is 8.34. The molecule has 0 heterocycles. The molecular weight excluding hydrogens is 174 g/mol. The van der Waals surface area contributed by atoms with Crippen LogP contribution in [-0.2, 0) is 11.2 Å². The van der Waals surface area contributed by atoms with Crippen molar-refractivity contribution >= 4 is 0 Å². The van der Waals surface area contributed by atoms with Crippen molar-refractivity contribution in [3.63, 3.8) is 0 Å². The summed E-state index contributed by atoms with van der Waals surface area (Å²) in [7, 11) is 1.68. The predicted octanol–water partition coefficient (Wildman–Crippen LogP) is 1.90. The largest absolute Gasteiger partial charge is 0.383 e. The number of hydrogen-bond acceptors (Lipinski definition) is 2. The normalized spacial score (nSPS) is 15.1. The molecule has 0 saturated heterocycles. The first kappa shape index (κ1) is 11.2. The van der Waals surface area contributed by atoms with Crippen LogP contribution in [0.1, 0.15) is 18.1 Å². The number of ether oxygens (including phenoxy) is 1. The molecule has 0 aliphatic heterocycles. The quantitative estimate of drug-likeness (QED) is 0.792. The standard InChI is InChI=1S/C12H19NO/c1-10-4-6-11(7-5-10)8-12(2,13)9-14-3/h4-7H,8-9,13H2,1-3H3. The highest BCUT2D eigenvalue weighted by molar-refractivity contribution is 5.22. The average molecular weight is 193 g/mol. The van der Waals surface area contributed by atoms with Gasteiger partial charge in [0, 0.05) is 12.6 Å². The molecular formula is C12H19NO. The zero-order valence-corrected chi connectivity index (χ0v) is 9.21. The third kappa shape index (κ3) is 3.48. The maximum absolute atomic E-state index is 6.07. The molecule has 14 heavy (non-hydrogen) atoms. The third-order valence-electron chi connectivity index (χ3n) is 2.20. The highest BCUT2D eigenvalue weighted by Gasteiger charge is 2.18. The Kier molecular flexibility index (Phi) is 3.67. The van der Waals surface area contributed by atoms with Gasteiger partial charge in [-0.3, -0.25) is 0 Å². The summed E-state index contributed by atoms with van der Waals surface area (Å²) >= 11 is 0. The van der Waals surface area contributed by atoms with Gasteiger partial charge < -0.3 is 10.5 Å². The van der Waals surface area contributed by atoms with Crippen molar-refractivity contribution in [2.75, 3.05) is 13.7 Å². The van der Waals surface area contributed by atoms with Crippen LogP contribution in [-0.4, -0.2) is 19.3 Å². The SMILES string of the molecule is COCC(C)(N)Cc1ccc(C)cc1. The maximum atomic E-state index is 6.07. The summed E-state index contributed by atoms with van der Waals surface area (Å²) in [6.45, 7) is 4.68. The van der Waals surface area contributed by atoms with E-state index in [0.29, 0.717) is 6.61 Å². The van der Waals surface area contributed by atoms with Gasteiger partial charge in [0.25, 0.3) is 0 Å². The summed E-state index contributed by atoms with van der Waals surface area (Å²) < 4.78 is 5.08. The van der Waals surface area contributed by atoms with Crippen molar-refractivity contribution in [3.8, 4) is 0 Å². The number of aryl methyl sites for hydroxylation is 1. The molecule has 0 aliphatic rings. The fraction of sp³-hybridized carbons (Fsp3) is 0.500. The Morgan fingerprint density at radius 1 is 1.29 bits per heavy atom. The Labute approximate surface area is 86.1 Å². The van der Waals surface area contributed by atoms with Gasteiger partial charge in [-0.1, -0.05) is 29.8 Å². The van der Waals surface area contributed by atoms with Crippen molar-refractivity contribution in [1.82, 2.24) is 0 Å². The summed E-state index contributed by atoms with van der Waals surface area (Å²) in [6.07, 6.45) is 0.848. The molecule has 2 N–H and O–H groups in total. The van der Waals surface area contributed by atoms with E-state index in [1.165, 1.54) is 11.1 Å². The van der Waals surface area contributed by atoms with Crippen LogP contribution in [0.25, 0.3) is 0 Å². The minimum absolute atomic E-state index is 0.274. The number of methoxy groups -OCH3 is 1. The van der Waals surface area contributed by atoms with Crippen LogP contribution in [0.5, 0.6) is 0 Å². The Morgan fingerprint density at radius 2 is 1.86 bits per heavy atom. The minimum Gasteiger partial charge on any atom is -0.383 e. The highest BCUT2D eigenvalue weighted by Crippen LogP contribution is 2.11. The maximum Gasteiger partial charge on any atom is 0.0642 e. The van der Waals surface area contributed by atoms with E-state index in [0.717, 1.165) is 6.42 Å². The van der Waals surface area contributed by atoms with Crippen LogP contribution in [0.2, 0.25) is 0 Å². The van der Waals surface area contributed by atoms with Crippen molar-refractivity contribution in [1.29, 1.82) is 0 Å². The molecule has 1 unspecified atom stereocenters. The first-order valence-electron chi connectivity index (χ1n) is 4.87. The fourth-order valence-corrected chi connectivity index (χ4v) is 1.55. The number of rotatable bonds is 4. The van der Waals surface area contributed by atoms with Gasteiger partial charge in [-0.05, 0) is 25.8 Å². The van der Waals surface area contributed by atoms with Crippen LogP contribution in [0, 0.1) is 6.92 Å². The third-order valence-corrected chi connectivity index (χ3v) is 2.20. The Balaban J connectivity index is 2.64. The van der Waals surface area contributed by atoms with Gasteiger partial charge in [0.2, 0.25) is 0 Å². The molecule has 0 spiro atoms. The fourth-order valence-electron chi connectivity index (χ4n) is 1.55. The second kappa shape index (κ2) is 4.58. The van der Waals surface area contributed by atoms with E-state index in [9.17, 15) is 0 Å². The van der Waals surface area contributed by atoms with Crippen molar-refractivity contribution in [2.24, 2.45) is 5.73 Å². The zero-order valence-electron chi connectivity index (χ0n) is 9.21. The van der Waals surface area contributed by atoms with E-state index < -0.39 is 0 Å². The molecule has 0 radical (unpaired) electrons. The first-order chi connectivity index (χ1) is 6.53. The van der Waals surface area contributed by atoms with Crippen molar-refractivity contribution in [3.05, 3.63) is 35.4 Å². The van der Waals surface area contributed by atoms with E-state index in [1.54, 1.807) is 7.11 Å². The molecule has 0 aliphatic carbocycles. The summed E-state index contributed by atoms with van der Waals surface area (Å²) in [5, 5.41) is 0. The molecule has 0 amide bonds. The van der Waals surface area contributed by atoms with E-state index in [1.807, 2.05) is 6.92 Å². The molecule has 78 valence electrons. The van der Waals surface area contributed by atoms with Crippen LogP contribution in [0.4, 0.5) is 0 Å². The van der Waals surface area contributed by atoms with Gasteiger partial charge in [0.15, 0.2) is 0 Å². The van der Waals surface area contributed by atoms with Gasteiger partial charge in [0.05, 0.1) is 6.61 Å². The monoisotopic (exact) mass is 193 g/mol. The van der Waals surface area contributed by atoms with Crippen LogP contribution >= 0.6 is 0 Å². The second-order valence-corrected chi connectivity index (χ2v) is 4.25. The van der Waals surface area contributed by atoms with Crippen molar-refractivity contribution in [2.45, 2.75) is 25.8 Å². The topological polar surface area (TPSA) is 35.2 Å². The minimum atomic E-state index is -0.274. The van der Waals surface area contributed by atoms with Crippen LogP contribution in [0.15, 0.2) is 24.3 Å². The van der Waals surface area contributed by atoms with Gasteiger partial charge in [-0.15, -0.1) is 0 Å². The molecule has 0 fully saturated rings. The lowest BCUT2D eigenvalue weighted by Crippen LogP contribution is -2.43. The molecule has 2 nitrogen and oxygen atoms in total. The number of hydrogen-bond donors (Lipinski definition) is 1. The molecule has 0 bridgehead atoms. The van der Waals surface area contributed by atoms with E-state index in [2.05, 4.69) is 31.2 Å². The first-order valence-corrected chi connectivity index (χ1v) is 4.87. The molecule has 0 aromatic heterocycles. The molecule has 1 atom stereocenters. The van der Waals surface area contributed by atoms with Crippen LogP contribution < -0.4 is 5.73 Å². The molecule has 1 aromatic rings. The van der Waals surface area contributed by atoms with Gasteiger partial charge in [-0.2, -0.15) is 0 Å². The molecule has 2 heteroatoms. The summed E-state index contributed by atoms with van der Waals surface area (Å²) in [4.78, 5) is 0. The van der Waals surface area contributed by atoms with Gasteiger partial charge >= 0.3 is 0 Å². The van der Waals surface area contributed by atoms with E-state index in [-0.39, 0.29) is 5.54 Å². The Hall–Kier alpha value is -0.860. The Bertz CT molecular complexity index is 277. The van der Waals surface area contributed by atoms with Gasteiger partial charge in [0.1, 0.15) is 0 Å². The summed E-state index contributed by atoms with van der Waals surface area (Å²) in [5.74, 6) is 0. The molecule has 1 aromatic carbocycles. The second-order valence-electron chi connectivity index (χ2n) is 4.25. The smallest absolute Gasteiger partial charge is 0.0642 e. The van der Waals surface area contributed by atoms with Crippen LogP contribution in [0.3, 0.4) is 0 Å². The lowest BCUT2D eigenvalue weighted by atomic mass is 9.94. The summed E-state index contributed by atoms with van der Waals surface area (Å²) in [6, 6.07) is 8.46. The lowest BCUT2D eigenvalue weighted by Gasteiger charge is -2.23. The predicted molar refractivity (Wildman–Crippen MR) is 59.4 cm³/mol. The van der Waals surface area contributed by atoms with Crippen molar-refractivity contribution < 1.29 is 4.74 Å². The van der Waals surface area contributed by atoms with Gasteiger partial charge in [-0.25, -0.2) is 0 Å². The average Bonchev–Trinajstić information content (AvgIpc) is 2.08. The zero-order chi connectivity index (χ0) is 10.6. The number of benzene rings is 1. The number of nitrogens with two attached hydrogens (primary N) is 1. The van der Waals surface area contributed by atoms with E-state index >= 15 is 0 Å². The highest BCUT2D eigenvalue weighted by atomic mass is 16.5. The van der Waals surface area contributed by atoms with E-state index in [4.69, 9.17) is 10.5 Å². The molecule has 1 rings (SSSR count). The lowest BCUT2D eigenvalue weighted by molar-refractivity contribution is 0.141.